The number of amides is 1. The van der Waals surface area contributed by atoms with Gasteiger partial charge in [-0.1, -0.05) is 51.5 Å². The summed E-state index contributed by atoms with van der Waals surface area (Å²) in [4.78, 5) is 12.4. The molecule has 1 amide bonds. The molecular weight excluding hydrogens is 402 g/mol. The number of halogens is 1. The number of hydrogen-bond donors (Lipinski definition) is 1. The van der Waals surface area contributed by atoms with Gasteiger partial charge in [0.15, 0.2) is 0 Å². The molecule has 1 heterocycles. The Bertz CT molecular complexity index is 881. The number of rotatable bonds is 5. The molecule has 1 atom stereocenters. The molecule has 0 aliphatic heterocycles. The first-order chi connectivity index (χ1) is 12.0. The zero-order valence-corrected chi connectivity index (χ0v) is 16.1. The Morgan fingerprint density at radius 1 is 1.24 bits per heavy atom. The molecule has 8 heteroatoms. The SMILES string of the molecule is Cc1ccc(-n2nnnc2SC(C)C(=O)Nc2cccc(Br)c2)cc1. The number of hydrogen-bond acceptors (Lipinski definition) is 5. The average Bonchev–Trinajstić information content (AvgIpc) is 3.03. The second-order valence-corrected chi connectivity index (χ2v) is 7.69. The predicted molar refractivity (Wildman–Crippen MR) is 102 cm³/mol. The number of nitrogens with zero attached hydrogens (tertiary/aromatic N) is 4. The van der Waals surface area contributed by atoms with Gasteiger partial charge in [0.05, 0.1) is 10.9 Å². The number of benzene rings is 2. The van der Waals surface area contributed by atoms with Crippen molar-refractivity contribution in [2.75, 3.05) is 5.32 Å². The topological polar surface area (TPSA) is 72.7 Å². The summed E-state index contributed by atoms with van der Waals surface area (Å²) >= 11 is 4.70. The van der Waals surface area contributed by atoms with Gasteiger partial charge in [-0.15, -0.1) is 5.10 Å². The minimum Gasteiger partial charge on any atom is -0.325 e. The van der Waals surface area contributed by atoms with E-state index in [-0.39, 0.29) is 11.2 Å². The number of tetrazole rings is 1. The van der Waals surface area contributed by atoms with Crippen LogP contribution in [0.1, 0.15) is 12.5 Å². The van der Waals surface area contributed by atoms with Gasteiger partial charge in [-0.3, -0.25) is 4.79 Å². The molecule has 128 valence electrons. The second-order valence-electron chi connectivity index (χ2n) is 5.47. The van der Waals surface area contributed by atoms with Crippen molar-refractivity contribution in [1.29, 1.82) is 0 Å². The smallest absolute Gasteiger partial charge is 0.237 e. The van der Waals surface area contributed by atoms with Gasteiger partial charge >= 0.3 is 0 Å². The summed E-state index contributed by atoms with van der Waals surface area (Å²) in [7, 11) is 0. The molecule has 0 aliphatic carbocycles. The summed E-state index contributed by atoms with van der Waals surface area (Å²) in [6.45, 7) is 3.85. The highest BCUT2D eigenvalue weighted by atomic mass is 79.9. The molecule has 1 aromatic heterocycles. The lowest BCUT2D eigenvalue weighted by Crippen LogP contribution is -2.22. The number of aryl methyl sites for hydroxylation is 1. The zero-order valence-electron chi connectivity index (χ0n) is 13.7. The van der Waals surface area contributed by atoms with Crippen LogP contribution in [0.15, 0.2) is 58.2 Å². The minimum absolute atomic E-state index is 0.110. The van der Waals surface area contributed by atoms with E-state index in [1.165, 1.54) is 11.8 Å². The summed E-state index contributed by atoms with van der Waals surface area (Å²) in [6.07, 6.45) is 0. The number of anilines is 1. The Balaban J connectivity index is 1.71. The average molecular weight is 418 g/mol. The molecule has 3 aromatic rings. The molecule has 1 unspecified atom stereocenters. The van der Waals surface area contributed by atoms with Crippen LogP contribution < -0.4 is 5.32 Å². The Hall–Kier alpha value is -2.19. The molecule has 0 radical (unpaired) electrons. The first kappa shape index (κ1) is 17.6. The van der Waals surface area contributed by atoms with E-state index in [0.29, 0.717) is 5.16 Å². The molecule has 3 rings (SSSR count). The molecule has 0 bridgehead atoms. The van der Waals surface area contributed by atoms with Gasteiger partial charge in [-0.05, 0) is 54.6 Å². The second kappa shape index (κ2) is 7.79. The predicted octanol–water partition coefficient (Wildman–Crippen LogP) is 3.85. The molecule has 1 N–H and O–H groups in total. The summed E-state index contributed by atoms with van der Waals surface area (Å²) in [5, 5.41) is 14.9. The molecule has 25 heavy (non-hydrogen) atoms. The Kier molecular flexibility index (Phi) is 5.50. The monoisotopic (exact) mass is 417 g/mol. The maximum absolute atomic E-state index is 12.4. The molecule has 0 fully saturated rings. The van der Waals surface area contributed by atoms with E-state index in [0.717, 1.165) is 21.4 Å². The maximum atomic E-state index is 12.4. The van der Waals surface area contributed by atoms with Gasteiger partial charge in [0.25, 0.3) is 0 Å². The summed E-state index contributed by atoms with van der Waals surface area (Å²) in [5.74, 6) is -0.110. The number of aromatic nitrogens is 4. The zero-order chi connectivity index (χ0) is 17.8. The maximum Gasteiger partial charge on any atom is 0.237 e. The van der Waals surface area contributed by atoms with Crippen molar-refractivity contribution < 1.29 is 4.79 Å². The molecule has 2 aromatic carbocycles. The van der Waals surface area contributed by atoms with Crippen molar-refractivity contribution in [3.05, 3.63) is 58.6 Å². The molecule has 6 nitrogen and oxygen atoms in total. The van der Waals surface area contributed by atoms with E-state index in [4.69, 9.17) is 0 Å². The van der Waals surface area contributed by atoms with Gasteiger partial charge in [0.2, 0.25) is 11.1 Å². The molecule has 0 saturated heterocycles. The highest BCUT2D eigenvalue weighted by Gasteiger charge is 2.19. The lowest BCUT2D eigenvalue weighted by molar-refractivity contribution is -0.115. The minimum atomic E-state index is -0.353. The lowest BCUT2D eigenvalue weighted by Gasteiger charge is -2.12. The van der Waals surface area contributed by atoms with Crippen molar-refractivity contribution in [3.8, 4) is 5.69 Å². The Labute approximate surface area is 158 Å². The van der Waals surface area contributed by atoms with Crippen molar-refractivity contribution in [3.63, 3.8) is 0 Å². The third-order valence-corrected chi connectivity index (χ3v) is 4.99. The summed E-state index contributed by atoms with van der Waals surface area (Å²) < 4.78 is 2.54. The van der Waals surface area contributed by atoms with Crippen LogP contribution in [0, 0.1) is 6.92 Å². The number of nitrogens with one attached hydrogen (secondary N) is 1. The summed E-state index contributed by atoms with van der Waals surface area (Å²) in [6, 6.07) is 15.4. The number of thioether (sulfide) groups is 1. The van der Waals surface area contributed by atoms with Crippen LogP contribution in [0.3, 0.4) is 0 Å². The van der Waals surface area contributed by atoms with Gasteiger partial charge in [-0.25, -0.2) is 0 Å². The van der Waals surface area contributed by atoms with Crippen LogP contribution >= 0.6 is 27.7 Å². The number of carbonyl (C=O) groups excluding carboxylic acids is 1. The fraction of sp³-hybridized carbons (Fsp3) is 0.176. The molecular formula is C17H16BrN5OS. The fourth-order valence-corrected chi connectivity index (χ4v) is 3.33. The Morgan fingerprint density at radius 2 is 2.00 bits per heavy atom. The standard InChI is InChI=1S/C17H16BrN5OS/c1-11-6-8-15(9-7-11)23-17(20-21-22-23)25-12(2)16(24)19-14-5-3-4-13(18)10-14/h3-10,12H,1-2H3,(H,19,24). The normalized spacial score (nSPS) is 12.0. The fourth-order valence-electron chi connectivity index (χ4n) is 2.12. The van der Waals surface area contributed by atoms with E-state index in [1.54, 1.807) is 4.68 Å². The van der Waals surface area contributed by atoms with E-state index >= 15 is 0 Å². The molecule has 0 saturated carbocycles. The lowest BCUT2D eigenvalue weighted by atomic mass is 10.2. The van der Waals surface area contributed by atoms with Crippen LogP contribution in [0.4, 0.5) is 5.69 Å². The van der Waals surface area contributed by atoms with E-state index in [2.05, 4.69) is 36.8 Å². The van der Waals surface area contributed by atoms with Gasteiger partial charge in [0.1, 0.15) is 0 Å². The van der Waals surface area contributed by atoms with Gasteiger partial charge < -0.3 is 5.32 Å². The Morgan fingerprint density at radius 3 is 2.72 bits per heavy atom. The van der Waals surface area contributed by atoms with Crippen LogP contribution in [0.5, 0.6) is 0 Å². The third-order valence-electron chi connectivity index (χ3n) is 3.46. The van der Waals surface area contributed by atoms with E-state index in [9.17, 15) is 4.79 Å². The highest BCUT2D eigenvalue weighted by Crippen LogP contribution is 2.24. The van der Waals surface area contributed by atoms with Crippen molar-refractivity contribution >= 4 is 39.3 Å². The molecule has 0 aliphatic rings. The van der Waals surface area contributed by atoms with Crippen molar-refractivity contribution in [2.45, 2.75) is 24.3 Å². The van der Waals surface area contributed by atoms with Crippen LogP contribution in [-0.4, -0.2) is 31.4 Å². The van der Waals surface area contributed by atoms with Crippen LogP contribution in [0.2, 0.25) is 0 Å². The van der Waals surface area contributed by atoms with Gasteiger partial charge in [0, 0.05) is 10.2 Å². The van der Waals surface area contributed by atoms with Crippen molar-refractivity contribution in [2.24, 2.45) is 0 Å². The van der Waals surface area contributed by atoms with Crippen molar-refractivity contribution in [1.82, 2.24) is 20.2 Å². The van der Waals surface area contributed by atoms with Crippen LogP contribution in [-0.2, 0) is 4.79 Å². The third kappa shape index (κ3) is 4.46. The van der Waals surface area contributed by atoms with E-state index < -0.39 is 0 Å². The largest absolute Gasteiger partial charge is 0.325 e. The number of carbonyl (C=O) groups is 1. The first-order valence-corrected chi connectivity index (χ1v) is 9.29. The van der Waals surface area contributed by atoms with E-state index in [1.807, 2.05) is 62.4 Å². The van der Waals surface area contributed by atoms with Crippen LogP contribution in [0.25, 0.3) is 5.69 Å². The first-order valence-electron chi connectivity index (χ1n) is 7.61. The molecule has 0 spiro atoms. The van der Waals surface area contributed by atoms with Gasteiger partial charge in [-0.2, -0.15) is 4.68 Å². The quantitative estimate of drug-likeness (QED) is 0.638. The summed E-state index contributed by atoms with van der Waals surface area (Å²) in [5.41, 5.74) is 2.76. The highest BCUT2D eigenvalue weighted by molar-refractivity contribution is 9.10.